The highest BCUT2D eigenvalue weighted by Crippen LogP contribution is 2.35. The summed E-state index contributed by atoms with van der Waals surface area (Å²) in [6.45, 7) is 3.25. The Morgan fingerprint density at radius 3 is 1.23 bits per heavy atom. The van der Waals surface area contributed by atoms with Crippen LogP contribution in [0.2, 0.25) is 0 Å². The van der Waals surface area contributed by atoms with E-state index in [1.54, 1.807) is 26.0 Å². The first kappa shape index (κ1) is 36.3. The molecular weight excluding hydrogens is 650 g/mol. The summed E-state index contributed by atoms with van der Waals surface area (Å²) in [6.07, 6.45) is -8.96. The summed E-state index contributed by atoms with van der Waals surface area (Å²) in [7, 11) is 0. The third-order valence-electron chi connectivity index (χ3n) is 6.20. The molecule has 0 aliphatic carbocycles. The number of aromatic hydroxyl groups is 2. The number of halogens is 6. The maximum atomic E-state index is 12.6. The number of nitriles is 2. The minimum absolute atomic E-state index is 0.0580. The molecule has 2 N–H and O–H groups in total. The van der Waals surface area contributed by atoms with E-state index in [0.29, 0.717) is 0 Å². The van der Waals surface area contributed by atoms with Crippen molar-refractivity contribution in [2.24, 2.45) is 0 Å². The summed E-state index contributed by atoms with van der Waals surface area (Å²) in [4.78, 5) is 30.8. The molecule has 0 unspecified atom stereocenters. The smallest absolute Gasteiger partial charge is 0.416 e. The Hall–Kier alpha value is -6.16. The van der Waals surface area contributed by atoms with Crippen LogP contribution in [0.5, 0.6) is 11.5 Å². The van der Waals surface area contributed by atoms with E-state index >= 15 is 0 Å². The third-order valence-corrected chi connectivity index (χ3v) is 6.20. The number of aromatic nitrogens is 2. The molecule has 248 valence electrons. The van der Waals surface area contributed by atoms with E-state index in [9.17, 15) is 46.1 Å². The van der Waals surface area contributed by atoms with Crippen LogP contribution in [0.3, 0.4) is 0 Å². The first-order chi connectivity index (χ1) is 22.5. The predicted molar refractivity (Wildman–Crippen MR) is 154 cm³/mol. The van der Waals surface area contributed by atoms with E-state index in [2.05, 4.69) is 9.97 Å². The van der Waals surface area contributed by atoms with Crippen LogP contribution in [0.25, 0.3) is 22.3 Å². The highest BCUT2D eigenvalue weighted by atomic mass is 19.4. The SMILES string of the molecule is CCOC(=O)c1nc(C#N)c(-c2ccc(C(F)(F)F)cc2)cc1O.CCOC(=O)c1nc(C#N)c(-c2ccc(C(F)(F)F)cc2)cc1O. The number of hydrogen-bond donors (Lipinski definition) is 2. The van der Waals surface area contributed by atoms with Crippen LogP contribution in [0, 0.1) is 22.7 Å². The van der Waals surface area contributed by atoms with Crippen molar-refractivity contribution in [3.63, 3.8) is 0 Å². The molecule has 0 fully saturated rings. The Kier molecular flexibility index (Phi) is 11.3. The Morgan fingerprint density at radius 2 is 0.979 bits per heavy atom. The second kappa shape index (κ2) is 15.0. The van der Waals surface area contributed by atoms with Gasteiger partial charge >= 0.3 is 24.3 Å². The standard InChI is InChI=1S/2C16H11F3N2O3/c2*1-2-24-15(23)14-13(22)7-11(12(8-20)21-14)9-3-5-10(6-4-9)16(17,18)19/h2*3-7,22H,2H2,1H3. The first-order valence-corrected chi connectivity index (χ1v) is 13.5. The van der Waals surface area contributed by atoms with E-state index in [1.165, 1.54) is 0 Å². The van der Waals surface area contributed by atoms with Crippen molar-refractivity contribution in [2.45, 2.75) is 26.2 Å². The number of nitrogens with zero attached hydrogens (tertiary/aromatic N) is 4. The number of carbonyl (C=O) groups is 2. The topological polar surface area (TPSA) is 166 Å². The van der Waals surface area contributed by atoms with Gasteiger partial charge in [-0.1, -0.05) is 24.3 Å². The van der Waals surface area contributed by atoms with Crippen LogP contribution in [-0.2, 0) is 21.8 Å². The van der Waals surface area contributed by atoms with E-state index in [-0.39, 0.29) is 46.9 Å². The van der Waals surface area contributed by atoms with Crippen molar-refractivity contribution in [3.8, 4) is 45.9 Å². The molecule has 4 aromatic rings. The molecular formula is C32H22F6N4O6. The molecule has 0 saturated heterocycles. The summed E-state index contributed by atoms with van der Waals surface area (Å²) in [6, 6.07) is 13.7. The second-order valence-corrected chi connectivity index (χ2v) is 9.32. The lowest BCUT2D eigenvalue weighted by atomic mass is 10.0. The van der Waals surface area contributed by atoms with E-state index in [0.717, 1.165) is 60.7 Å². The van der Waals surface area contributed by atoms with Crippen LogP contribution in [0.4, 0.5) is 26.3 Å². The fourth-order valence-corrected chi connectivity index (χ4v) is 3.99. The van der Waals surface area contributed by atoms with Gasteiger partial charge in [-0.25, -0.2) is 19.6 Å². The minimum atomic E-state index is -4.48. The van der Waals surface area contributed by atoms with Gasteiger partial charge in [-0.2, -0.15) is 36.9 Å². The number of rotatable bonds is 6. The fourth-order valence-electron chi connectivity index (χ4n) is 3.99. The van der Waals surface area contributed by atoms with Gasteiger partial charge in [0.2, 0.25) is 0 Å². The van der Waals surface area contributed by atoms with E-state index < -0.39 is 58.3 Å². The van der Waals surface area contributed by atoms with Crippen LogP contribution in [0.15, 0.2) is 60.7 Å². The molecule has 2 heterocycles. The van der Waals surface area contributed by atoms with Gasteiger partial charge in [-0.15, -0.1) is 0 Å². The van der Waals surface area contributed by atoms with Gasteiger partial charge in [0.1, 0.15) is 35.0 Å². The van der Waals surface area contributed by atoms with Gasteiger partial charge in [-0.05, 0) is 61.4 Å². The largest absolute Gasteiger partial charge is 0.505 e. The maximum absolute atomic E-state index is 12.6. The third kappa shape index (κ3) is 8.55. The van der Waals surface area contributed by atoms with Gasteiger partial charge in [-0.3, -0.25) is 0 Å². The number of esters is 2. The molecule has 0 bridgehead atoms. The molecule has 0 aliphatic heterocycles. The normalized spacial score (nSPS) is 11.0. The van der Waals surface area contributed by atoms with Crippen molar-refractivity contribution in [1.29, 1.82) is 10.5 Å². The number of carbonyl (C=O) groups excluding carboxylic acids is 2. The van der Waals surface area contributed by atoms with Gasteiger partial charge in [0.25, 0.3) is 0 Å². The van der Waals surface area contributed by atoms with E-state index in [4.69, 9.17) is 20.0 Å². The van der Waals surface area contributed by atoms with Crippen LogP contribution in [0.1, 0.15) is 57.3 Å². The summed E-state index contributed by atoms with van der Waals surface area (Å²) in [5.41, 5.74) is -2.25. The first-order valence-electron chi connectivity index (χ1n) is 13.5. The molecule has 0 saturated carbocycles. The highest BCUT2D eigenvalue weighted by molar-refractivity contribution is 5.92. The summed E-state index contributed by atoms with van der Waals surface area (Å²) in [5.74, 6) is -2.85. The van der Waals surface area contributed by atoms with Crippen molar-refractivity contribution in [3.05, 3.63) is 94.6 Å². The van der Waals surface area contributed by atoms with Crippen LogP contribution < -0.4 is 0 Å². The Balaban J connectivity index is 0.000000260. The number of pyridine rings is 2. The zero-order valence-corrected chi connectivity index (χ0v) is 24.8. The zero-order chi connectivity index (χ0) is 35.8. The van der Waals surface area contributed by atoms with Gasteiger partial charge in [0, 0.05) is 11.1 Å². The molecule has 16 heteroatoms. The minimum Gasteiger partial charge on any atom is -0.505 e. The van der Waals surface area contributed by atoms with Crippen molar-refractivity contribution >= 4 is 11.9 Å². The summed E-state index contributed by atoms with van der Waals surface area (Å²) >= 11 is 0. The highest BCUT2D eigenvalue weighted by Gasteiger charge is 2.31. The number of ether oxygens (including phenoxy) is 2. The Morgan fingerprint density at radius 1 is 0.667 bits per heavy atom. The summed E-state index contributed by atoms with van der Waals surface area (Å²) in [5, 5.41) is 38.1. The molecule has 4 rings (SSSR count). The van der Waals surface area contributed by atoms with Gasteiger partial charge in [0.05, 0.1) is 24.3 Å². The predicted octanol–water partition coefficient (Wildman–Crippen LogP) is 7.04. The average Bonchev–Trinajstić information content (AvgIpc) is 3.04. The quantitative estimate of drug-likeness (QED) is 0.160. The number of benzene rings is 2. The molecule has 48 heavy (non-hydrogen) atoms. The lowest BCUT2D eigenvalue weighted by Gasteiger charge is -2.10. The zero-order valence-electron chi connectivity index (χ0n) is 24.8. The number of hydrogen-bond acceptors (Lipinski definition) is 10. The second-order valence-electron chi connectivity index (χ2n) is 9.32. The molecule has 0 aliphatic rings. The molecule has 2 aromatic carbocycles. The van der Waals surface area contributed by atoms with Crippen molar-refractivity contribution in [2.75, 3.05) is 13.2 Å². The summed E-state index contributed by atoms with van der Waals surface area (Å²) < 4.78 is 85.0. The Bertz CT molecular complexity index is 1760. The molecule has 10 nitrogen and oxygen atoms in total. The molecule has 0 radical (unpaired) electrons. The monoisotopic (exact) mass is 672 g/mol. The van der Waals surface area contributed by atoms with Crippen LogP contribution in [-0.4, -0.2) is 45.3 Å². The Labute approximate surface area is 268 Å². The lowest BCUT2D eigenvalue weighted by molar-refractivity contribution is -0.138. The van der Waals surface area contributed by atoms with Crippen molar-refractivity contribution in [1.82, 2.24) is 9.97 Å². The fraction of sp³-hybridized carbons (Fsp3) is 0.188. The van der Waals surface area contributed by atoms with Gasteiger partial charge < -0.3 is 19.7 Å². The van der Waals surface area contributed by atoms with Gasteiger partial charge in [0.15, 0.2) is 11.4 Å². The number of alkyl halides is 6. The van der Waals surface area contributed by atoms with Crippen LogP contribution >= 0.6 is 0 Å². The molecule has 0 spiro atoms. The maximum Gasteiger partial charge on any atom is 0.416 e. The molecule has 0 amide bonds. The molecule has 2 aromatic heterocycles. The van der Waals surface area contributed by atoms with Crippen molar-refractivity contribution < 1.29 is 55.6 Å². The average molecular weight is 673 g/mol. The molecule has 0 atom stereocenters. The van der Waals surface area contributed by atoms with E-state index in [1.807, 2.05) is 0 Å². The lowest BCUT2D eigenvalue weighted by Crippen LogP contribution is -2.09.